The highest BCUT2D eigenvalue weighted by atomic mass is 16.5. The highest BCUT2D eigenvalue weighted by molar-refractivity contribution is 5.93. The van der Waals surface area contributed by atoms with Crippen molar-refractivity contribution in [3.05, 3.63) is 76.1 Å². The van der Waals surface area contributed by atoms with Gasteiger partial charge in [-0.25, -0.2) is 0 Å². The van der Waals surface area contributed by atoms with Gasteiger partial charge in [-0.2, -0.15) is 0 Å². The predicted molar refractivity (Wildman–Crippen MR) is 202 cm³/mol. The smallest absolute Gasteiger partial charge is 0.319 e. The summed E-state index contributed by atoms with van der Waals surface area (Å²) in [5.74, 6) is 1.11. The number of para-hydroxylation sites is 1. The molecule has 2 aliphatic carbocycles. The Hall–Kier alpha value is -4.08. The molecular formula is C43H52N4O5. The van der Waals surface area contributed by atoms with Crippen molar-refractivity contribution < 1.29 is 23.8 Å². The number of esters is 2. The number of allylic oxidation sites excluding steroid dienone is 1. The fourth-order valence-corrected chi connectivity index (χ4v) is 12.1. The zero-order valence-electron chi connectivity index (χ0n) is 31.4. The molecule has 0 spiro atoms. The van der Waals surface area contributed by atoms with Crippen molar-refractivity contribution in [1.29, 1.82) is 0 Å². The summed E-state index contributed by atoms with van der Waals surface area (Å²) < 4.78 is 17.6. The topological polar surface area (TPSA) is 99.9 Å². The van der Waals surface area contributed by atoms with E-state index in [1.165, 1.54) is 41.3 Å². The summed E-state index contributed by atoms with van der Waals surface area (Å²) >= 11 is 0. The van der Waals surface area contributed by atoms with Crippen LogP contribution in [0.4, 0.5) is 0 Å². The third-order valence-electron chi connectivity index (χ3n) is 14.1. The van der Waals surface area contributed by atoms with E-state index in [2.05, 4.69) is 83.1 Å². The number of H-pyrrole nitrogens is 2. The van der Waals surface area contributed by atoms with Crippen molar-refractivity contribution in [1.82, 2.24) is 19.8 Å². The van der Waals surface area contributed by atoms with Gasteiger partial charge in [0.05, 0.1) is 27.2 Å². The average Bonchev–Trinajstić information content (AvgIpc) is 3.69. The standard InChI is InChI=1S/C43H52N4O5/c1-7-24-15-23-20-43(42(49)52-6)39-27(13-14-47(21-23)40(24)43)29-19-36(50-4)30(17-34(29)45-39)31-16-28-25(8-2)22-46(3)35(37(28)41(48)51-5)18-32-26-11-9-10-12-33(26)44-38(31)32/h8-12,17,19,23-24,28,31,35,37,40,44-45H,7,13-16,18,20-22H2,1-6H3/t23-,24+,28+,31-,35-,37?,40+,43-/m1/s1. The van der Waals surface area contributed by atoms with Gasteiger partial charge in [-0.15, -0.1) is 0 Å². The lowest BCUT2D eigenvalue weighted by molar-refractivity contribution is -0.162. The lowest BCUT2D eigenvalue weighted by Crippen LogP contribution is -2.67. The van der Waals surface area contributed by atoms with Gasteiger partial charge in [-0.1, -0.05) is 43.2 Å². The van der Waals surface area contributed by atoms with Gasteiger partial charge in [0.25, 0.3) is 0 Å². The minimum Gasteiger partial charge on any atom is -0.496 e. The van der Waals surface area contributed by atoms with Crippen molar-refractivity contribution in [3.8, 4) is 5.75 Å². The molecule has 6 aliphatic rings. The third kappa shape index (κ3) is 4.67. The van der Waals surface area contributed by atoms with E-state index in [0.717, 1.165) is 85.2 Å². The zero-order chi connectivity index (χ0) is 36.1. The van der Waals surface area contributed by atoms with Crippen LogP contribution in [0.2, 0.25) is 0 Å². The van der Waals surface area contributed by atoms with E-state index in [4.69, 9.17) is 14.2 Å². The van der Waals surface area contributed by atoms with E-state index < -0.39 is 5.41 Å². The van der Waals surface area contributed by atoms with E-state index in [1.807, 2.05) is 0 Å². The van der Waals surface area contributed by atoms with E-state index in [1.54, 1.807) is 14.2 Å². The second-order valence-electron chi connectivity index (χ2n) is 16.3. The van der Waals surface area contributed by atoms with Crippen LogP contribution in [-0.2, 0) is 37.3 Å². The first-order chi connectivity index (χ1) is 25.3. The van der Waals surface area contributed by atoms with Gasteiger partial charge in [0.1, 0.15) is 11.2 Å². The van der Waals surface area contributed by atoms with Crippen molar-refractivity contribution in [2.24, 2.45) is 23.7 Å². The number of rotatable bonds is 5. The summed E-state index contributed by atoms with van der Waals surface area (Å²) in [6, 6.07) is 13.2. The number of nitrogens with one attached hydrogen (secondary N) is 2. The van der Waals surface area contributed by atoms with Crippen LogP contribution in [0.25, 0.3) is 21.8 Å². The molecule has 2 aromatic carbocycles. The van der Waals surface area contributed by atoms with Crippen LogP contribution in [0.5, 0.6) is 5.75 Å². The highest BCUT2D eigenvalue weighted by Gasteiger charge is 2.62. The monoisotopic (exact) mass is 704 g/mol. The Labute approximate surface area is 306 Å². The molecular weight excluding hydrogens is 652 g/mol. The van der Waals surface area contributed by atoms with E-state index in [0.29, 0.717) is 11.8 Å². The number of hydrogen-bond donors (Lipinski definition) is 2. The van der Waals surface area contributed by atoms with Gasteiger partial charge in [0.2, 0.25) is 0 Å². The van der Waals surface area contributed by atoms with E-state index in [9.17, 15) is 9.59 Å². The Morgan fingerprint density at radius 1 is 1.02 bits per heavy atom. The Kier molecular flexibility index (Phi) is 8.12. The van der Waals surface area contributed by atoms with Gasteiger partial charge < -0.3 is 24.2 Å². The zero-order valence-corrected chi connectivity index (χ0v) is 31.4. The fraction of sp³-hybridized carbons (Fsp3) is 0.535. The Morgan fingerprint density at radius 2 is 1.85 bits per heavy atom. The van der Waals surface area contributed by atoms with Crippen molar-refractivity contribution in [3.63, 3.8) is 0 Å². The molecule has 10 rings (SSSR count). The van der Waals surface area contributed by atoms with Gasteiger partial charge >= 0.3 is 11.9 Å². The van der Waals surface area contributed by atoms with Gasteiger partial charge in [0.15, 0.2) is 0 Å². The summed E-state index contributed by atoms with van der Waals surface area (Å²) in [6.45, 7) is 7.17. The molecule has 4 fully saturated rings. The summed E-state index contributed by atoms with van der Waals surface area (Å²) in [5.41, 5.74) is 8.48. The summed E-state index contributed by atoms with van der Waals surface area (Å²) in [6.07, 6.45) is 7.59. The first kappa shape index (κ1) is 33.7. The van der Waals surface area contributed by atoms with Crippen molar-refractivity contribution in [2.45, 2.75) is 75.8 Å². The van der Waals surface area contributed by atoms with Crippen LogP contribution < -0.4 is 4.74 Å². The van der Waals surface area contributed by atoms with Crippen LogP contribution in [0.3, 0.4) is 0 Å². The number of hydrogen-bond acceptors (Lipinski definition) is 7. The van der Waals surface area contributed by atoms with Crippen LogP contribution in [-0.4, -0.2) is 91.8 Å². The molecule has 1 saturated carbocycles. The van der Waals surface area contributed by atoms with Crippen LogP contribution in [0.1, 0.15) is 73.5 Å². The maximum absolute atomic E-state index is 14.2. The molecule has 9 heteroatoms. The van der Waals surface area contributed by atoms with Crippen molar-refractivity contribution >= 4 is 33.7 Å². The maximum Gasteiger partial charge on any atom is 0.319 e. The SMILES string of the molecule is CC=C1CN(C)[C@@H]2Cc3c([nH]c4ccccc34)[C@@H](c3cc4[nH]c5c(c4cc3OC)CCN3C[C@@H]4C[C@H](CC)[C@H]3[C@@]5(C(=O)OC)C4)C[C@@H]1C2C(=O)OC. The van der Waals surface area contributed by atoms with Crippen molar-refractivity contribution in [2.75, 3.05) is 48.0 Å². The minimum absolute atomic E-state index is 0.00122. The Balaban J connectivity index is 1.27. The average molecular weight is 705 g/mol. The minimum atomic E-state index is -0.725. The van der Waals surface area contributed by atoms with E-state index >= 15 is 0 Å². The normalized spacial score (nSPS) is 33.2. The number of nitrogens with zero attached hydrogens (tertiary/aromatic N) is 2. The molecule has 9 atom stereocenters. The summed E-state index contributed by atoms with van der Waals surface area (Å²) in [4.78, 5) is 40.8. The maximum atomic E-state index is 14.2. The second-order valence-corrected chi connectivity index (χ2v) is 16.3. The molecule has 6 bridgehead atoms. The van der Waals surface area contributed by atoms with Crippen LogP contribution in [0, 0.1) is 23.7 Å². The van der Waals surface area contributed by atoms with Gasteiger partial charge in [0, 0.05) is 76.4 Å². The first-order valence-corrected chi connectivity index (χ1v) is 19.3. The molecule has 0 amide bonds. The number of fused-ring (bicyclic) bond motifs is 9. The molecule has 0 radical (unpaired) electrons. The second kappa shape index (κ2) is 12.5. The summed E-state index contributed by atoms with van der Waals surface area (Å²) in [5, 5.41) is 2.32. The molecule has 274 valence electrons. The molecule has 4 aliphatic heterocycles. The molecule has 2 unspecified atom stereocenters. The quantitative estimate of drug-likeness (QED) is 0.181. The van der Waals surface area contributed by atoms with Gasteiger partial charge in [-0.3, -0.25) is 19.4 Å². The number of piperidine rings is 3. The molecule has 9 nitrogen and oxygen atoms in total. The van der Waals surface area contributed by atoms with Gasteiger partial charge in [-0.05, 0) is 93.2 Å². The molecule has 4 aromatic rings. The fourth-order valence-electron chi connectivity index (χ4n) is 12.1. The number of ether oxygens (including phenoxy) is 3. The predicted octanol–water partition coefficient (Wildman–Crippen LogP) is 6.49. The van der Waals surface area contributed by atoms with Crippen LogP contribution >= 0.6 is 0 Å². The summed E-state index contributed by atoms with van der Waals surface area (Å²) in [7, 11) is 6.99. The number of likely N-dealkylation sites (tertiary alicyclic amines) is 1. The number of methoxy groups -OCH3 is 3. The lowest BCUT2D eigenvalue weighted by atomic mass is 9.56. The number of aromatic amines is 2. The molecule has 2 N–H and O–H groups in total. The largest absolute Gasteiger partial charge is 0.496 e. The third-order valence-corrected chi connectivity index (χ3v) is 14.1. The molecule has 52 heavy (non-hydrogen) atoms. The number of likely N-dealkylation sites (N-methyl/N-ethyl adjacent to an activating group) is 1. The highest BCUT2D eigenvalue weighted by Crippen LogP contribution is 2.56. The van der Waals surface area contributed by atoms with E-state index in [-0.39, 0.29) is 41.8 Å². The number of benzene rings is 2. The Bertz CT molecular complexity index is 2110. The number of carbonyl (C=O) groups excluding carboxylic acids is 2. The Morgan fingerprint density at radius 3 is 2.60 bits per heavy atom. The molecule has 2 aromatic heterocycles. The number of carbonyl (C=O) groups is 2. The molecule has 3 saturated heterocycles. The lowest BCUT2D eigenvalue weighted by Gasteiger charge is -2.57. The first-order valence-electron chi connectivity index (χ1n) is 19.3. The molecule has 6 heterocycles. The number of aromatic nitrogens is 2. The van der Waals surface area contributed by atoms with Crippen LogP contribution in [0.15, 0.2) is 48.0 Å².